The zero-order valence-electron chi connectivity index (χ0n) is 17.7. The Balaban J connectivity index is 1.52. The minimum Gasteiger partial charge on any atom is -0.362 e. The second-order valence-corrected chi connectivity index (χ2v) is 9.24. The van der Waals surface area contributed by atoms with E-state index in [1.807, 2.05) is 42.3 Å². The van der Waals surface area contributed by atoms with Gasteiger partial charge in [0.05, 0.1) is 4.90 Å². The van der Waals surface area contributed by atoms with Gasteiger partial charge in [-0.3, -0.25) is 4.79 Å². The predicted octanol–water partition coefficient (Wildman–Crippen LogP) is 4.19. The van der Waals surface area contributed by atoms with Crippen molar-refractivity contribution in [3.63, 3.8) is 0 Å². The molecule has 1 saturated heterocycles. The summed E-state index contributed by atoms with van der Waals surface area (Å²) in [6.07, 6.45) is 3.61. The number of benzene rings is 2. The lowest BCUT2D eigenvalue weighted by atomic mass is 10.1. The van der Waals surface area contributed by atoms with Gasteiger partial charge in [-0.15, -0.1) is 4.40 Å². The lowest BCUT2D eigenvalue weighted by Crippen LogP contribution is -2.26. The van der Waals surface area contributed by atoms with Gasteiger partial charge < -0.3 is 14.7 Å². The Kier molecular flexibility index (Phi) is 6.36. The van der Waals surface area contributed by atoms with Gasteiger partial charge in [0.25, 0.3) is 15.9 Å². The van der Waals surface area contributed by atoms with Crippen LogP contribution in [0.15, 0.2) is 74.5 Å². The number of nitrogens with one attached hydrogen (secondary N) is 1. The van der Waals surface area contributed by atoms with E-state index in [4.69, 9.17) is 4.52 Å². The smallest absolute Gasteiger partial charge is 0.284 e. The summed E-state index contributed by atoms with van der Waals surface area (Å²) in [7, 11) is -2.04. The van der Waals surface area contributed by atoms with Crippen molar-refractivity contribution in [1.29, 1.82) is 0 Å². The molecule has 1 fully saturated rings. The predicted molar refractivity (Wildman–Crippen MR) is 122 cm³/mol. The van der Waals surface area contributed by atoms with Gasteiger partial charge in [0.1, 0.15) is 5.84 Å². The lowest BCUT2D eigenvalue weighted by molar-refractivity contribution is 0.101. The number of nitrogens with zero attached hydrogens (tertiary/aromatic N) is 3. The summed E-state index contributed by atoms with van der Waals surface area (Å²) in [5.74, 6) is 0.531. The number of hydrogen-bond acceptors (Lipinski definition) is 5. The molecule has 2 heterocycles. The summed E-state index contributed by atoms with van der Waals surface area (Å²) in [4.78, 5) is 14.5. The average molecular weight is 453 g/mol. The molecule has 1 aromatic heterocycles. The van der Waals surface area contributed by atoms with Crippen molar-refractivity contribution in [1.82, 2.24) is 10.1 Å². The molecular formula is C23H24N4O4S. The van der Waals surface area contributed by atoms with Gasteiger partial charge in [-0.1, -0.05) is 48.0 Å². The highest BCUT2D eigenvalue weighted by Gasteiger charge is 2.20. The second-order valence-electron chi connectivity index (χ2n) is 7.64. The van der Waals surface area contributed by atoms with Crippen LogP contribution in [0, 0.1) is 0 Å². The fraction of sp³-hybridized carbons (Fsp3) is 0.261. The van der Waals surface area contributed by atoms with Gasteiger partial charge in [0.2, 0.25) is 0 Å². The first kappa shape index (κ1) is 21.8. The first-order valence-electron chi connectivity index (χ1n) is 10.4. The molecule has 0 saturated carbocycles. The zero-order chi connectivity index (χ0) is 22.6. The number of amides is 1. The molecule has 0 spiro atoms. The van der Waals surface area contributed by atoms with Crippen LogP contribution in [-0.2, 0) is 10.0 Å². The molecular weight excluding hydrogens is 428 g/mol. The number of rotatable bonds is 5. The number of anilines is 1. The number of amidine groups is 1. The van der Waals surface area contributed by atoms with Crippen LogP contribution >= 0.6 is 0 Å². The van der Waals surface area contributed by atoms with Gasteiger partial charge in [-0.2, -0.15) is 8.42 Å². The Hall–Kier alpha value is -3.46. The van der Waals surface area contributed by atoms with Gasteiger partial charge in [0, 0.05) is 37.3 Å². The molecule has 3 aromatic rings. The Morgan fingerprint density at radius 3 is 2.69 bits per heavy atom. The van der Waals surface area contributed by atoms with Gasteiger partial charge >= 0.3 is 0 Å². The SMILES string of the molecule is CN1CCCCC/C1=N\S(=O)(=O)c1cccc(NC(=O)c2cc(-c3ccccc3)on2)c1. The van der Waals surface area contributed by atoms with Crippen LogP contribution in [0.3, 0.4) is 0 Å². The first-order valence-corrected chi connectivity index (χ1v) is 11.8. The largest absolute Gasteiger partial charge is 0.362 e. The maximum Gasteiger partial charge on any atom is 0.284 e. The van der Waals surface area contributed by atoms with Crippen LogP contribution in [0.1, 0.15) is 36.2 Å². The molecule has 32 heavy (non-hydrogen) atoms. The number of carbonyl (C=O) groups excluding carboxylic acids is 1. The van der Waals surface area contributed by atoms with E-state index in [9.17, 15) is 13.2 Å². The molecule has 2 aromatic carbocycles. The summed E-state index contributed by atoms with van der Waals surface area (Å²) >= 11 is 0. The standard InChI is InChI=1S/C23H24N4O4S/c1-27-14-7-3-6-13-22(27)26-32(29,30)19-12-8-11-18(15-19)24-23(28)20-16-21(31-25-20)17-9-4-2-5-10-17/h2,4-5,8-12,15-16H,3,6-7,13-14H2,1H3,(H,24,28)/b26-22+. The minimum absolute atomic E-state index is 0.0191. The number of sulfonamides is 1. The highest BCUT2D eigenvalue weighted by molar-refractivity contribution is 7.90. The first-order chi connectivity index (χ1) is 15.4. The molecule has 1 N–H and O–H groups in total. The molecule has 0 bridgehead atoms. The summed E-state index contributed by atoms with van der Waals surface area (Å²) in [5.41, 5.74) is 1.22. The van der Waals surface area contributed by atoms with E-state index in [0.29, 0.717) is 23.7 Å². The van der Waals surface area contributed by atoms with Gasteiger partial charge in [-0.25, -0.2) is 0 Å². The topological polar surface area (TPSA) is 105 Å². The summed E-state index contributed by atoms with van der Waals surface area (Å²) in [5, 5.41) is 6.49. The number of aromatic nitrogens is 1. The van der Waals surface area contributed by atoms with E-state index in [-0.39, 0.29) is 10.6 Å². The molecule has 0 aliphatic carbocycles. The third-order valence-electron chi connectivity index (χ3n) is 5.25. The summed E-state index contributed by atoms with van der Waals surface area (Å²) in [6, 6.07) is 16.9. The third-order valence-corrected chi connectivity index (χ3v) is 6.55. The van der Waals surface area contributed by atoms with Crippen LogP contribution in [0.25, 0.3) is 11.3 Å². The normalized spacial score (nSPS) is 16.0. The fourth-order valence-corrected chi connectivity index (χ4v) is 4.63. The van der Waals surface area contributed by atoms with Crippen molar-refractivity contribution >= 4 is 27.5 Å². The molecule has 0 unspecified atom stereocenters. The monoisotopic (exact) mass is 452 g/mol. The van der Waals surface area contributed by atoms with Gasteiger partial charge in [-0.05, 0) is 31.0 Å². The Bertz CT molecular complexity index is 1240. The molecule has 9 heteroatoms. The quantitative estimate of drug-likeness (QED) is 0.622. The van der Waals surface area contributed by atoms with Crippen molar-refractivity contribution in [2.75, 3.05) is 18.9 Å². The van der Waals surface area contributed by atoms with E-state index < -0.39 is 15.9 Å². The van der Waals surface area contributed by atoms with E-state index in [0.717, 1.165) is 31.4 Å². The molecule has 1 aliphatic rings. The van der Waals surface area contributed by atoms with Crippen LogP contribution in [0.4, 0.5) is 5.69 Å². The highest BCUT2D eigenvalue weighted by atomic mass is 32.2. The Labute approximate surface area is 187 Å². The zero-order valence-corrected chi connectivity index (χ0v) is 18.5. The van der Waals surface area contributed by atoms with Crippen molar-refractivity contribution in [2.24, 2.45) is 4.40 Å². The Morgan fingerprint density at radius 1 is 1.06 bits per heavy atom. The fourth-order valence-electron chi connectivity index (χ4n) is 3.49. The molecule has 1 amide bonds. The van der Waals surface area contributed by atoms with Crippen LogP contribution < -0.4 is 5.32 Å². The van der Waals surface area contributed by atoms with Crippen LogP contribution in [-0.4, -0.2) is 43.8 Å². The average Bonchev–Trinajstić information content (AvgIpc) is 3.21. The molecule has 0 atom stereocenters. The van der Waals surface area contributed by atoms with Crippen molar-refractivity contribution < 1.29 is 17.7 Å². The number of carbonyl (C=O) groups is 1. The summed E-state index contributed by atoms with van der Waals surface area (Å²) < 4.78 is 35.1. The second kappa shape index (κ2) is 9.35. The molecule has 4 rings (SSSR count). The molecule has 1 aliphatic heterocycles. The maximum atomic E-state index is 12.9. The molecule has 8 nitrogen and oxygen atoms in total. The third kappa shape index (κ3) is 5.05. The lowest BCUT2D eigenvalue weighted by Gasteiger charge is -2.17. The number of likely N-dealkylation sites (tertiary alicyclic amines) is 1. The number of hydrogen-bond donors (Lipinski definition) is 1. The van der Waals surface area contributed by atoms with E-state index in [1.165, 1.54) is 12.1 Å². The highest BCUT2D eigenvalue weighted by Crippen LogP contribution is 2.22. The van der Waals surface area contributed by atoms with Gasteiger partial charge in [0.15, 0.2) is 11.5 Å². The molecule has 166 valence electrons. The van der Waals surface area contributed by atoms with E-state index >= 15 is 0 Å². The maximum absolute atomic E-state index is 12.9. The van der Waals surface area contributed by atoms with Crippen LogP contribution in [0.5, 0.6) is 0 Å². The van der Waals surface area contributed by atoms with Crippen molar-refractivity contribution in [3.8, 4) is 11.3 Å². The van der Waals surface area contributed by atoms with E-state index in [1.54, 1.807) is 18.2 Å². The van der Waals surface area contributed by atoms with Crippen LogP contribution in [0.2, 0.25) is 0 Å². The summed E-state index contributed by atoms with van der Waals surface area (Å²) in [6.45, 7) is 0.785. The Morgan fingerprint density at radius 2 is 1.88 bits per heavy atom. The van der Waals surface area contributed by atoms with E-state index in [2.05, 4.69) is 14.9 Å². The minimum atomic E-state index is -3.90. The molecule has 0 radical (unpaired) electrons. The van der Waals surface area contributed by atoms with Crippen molar-refractivity contribution in [3.05, 3.63) is 66.4 Å². The van der Waals surface area contributed by atoms with Crippen molar-refractivity contribution in [2.45, 2.75) is 30.6 Å².